The molecule has 1 heterocycles. The molecule has 0 radical (unpaired) electrons. The summed E-state index contributed by atoms with van der Waals surface area (Å²) < 4.78 is 9.92. The Bertz CT molecular complexity index is 257. The van der Waals surface area contributed by atoms with Crippen molar-refractivity contribution >= 4 is 12.0 Å². The van der Waals surface area contributed by atoms with Crippen molar-refractivity contribution in [1.29, 1.82) is 0 Å². The van der Waals surface area contributed by atoms with Crippen LogP contribution in [0.5, 0.6) is 0 Å². The molecule has 1 atom stereocenters. The van der Waals surface area contributed by atoms with Crippen molar-refractivity contribution in [3.8, 4) is 0 Å². The van der Waals surface area contributed by atoms with Gasteiger partial charge in [-0.25, -0.2) is 4.79 Å². The molecule has 16 heavy (non-hydrogen) atoms. The highest BCUT2D eigenvalue weighted by molar-refractivity contribution is 5.81. The zero-order valence-electron chi connectivity index (χ0n) is 9.69. The summed E-state index contributed by atoms with van der Waals surface area (Å²) in [7, 11) is 0. The number of nitrogens with zero attached hydrogens (tertiary/aromatic N) is 1. The van der Waals surface area contributed by atoms with E-state index in [0.29, 0.717) is 26.4 Å². The van der Waals surface area contributed by atoms with Crippen LogP contribution in [-0.2, 0) is 14.3 Å². The SMILES string of the molecule is CCOC(=O)CNC(=O)N1CCOCC1C. The average Bonchev–Trinajstić information content (AvgIpc) is 2.27. The molecule has 92 valence electrons. The van der Waals surface area contributed by atoms with Gasteiger partial charge in [-0.15, -0.1) is 0 Å². The Kier molecular flexibility index (Phi) is 5.04. The van der Waals surface area contributed by atoms with Gasteiger partial charge in [-0.2, -0.15) is 0 Å². The maximum Gasteiger partial charge on any atom is 0.325 e. The molecule has 2 amide bonds. The Hall–Kier alpha value is -1.30. The first kappa shape index (κ1) is 12.8. The summed E-state index contributed by atoms with van der Waals surface area (Å²) in [5, 5.41) is 2.52. The molecule has 1 aliphatic rings. The first-order valence-electron chi connectivity index (χ1n) is 5.43. The molecule has 1 unspecified atom stereocenters. The molecule has 1 N–H and O–H groups in total. The summed E-state index contributed by atoms with van der Waals surface area (Å²) in [6.45, 7) is 5.49. The minimum Gasteiger partial charge on any atom is -0.465 e. The zero-order valence-corrected chi connectivity index (χ0v) is 9.69. The maximum atomic E-state index is 11.7. The summed E-state index contributed by atoms with van der Waals surface area (Å²) in [4.78, 5) is 24.4. The molecule has 0 aliphatic carbocycles. The van der Waals surface area contributed by atoms with E-state index in [1.54, 1.807) is 11.8 Å². The zero-order chi connectivity index (χ0) is 12.0. The second-order valence-electron chi connectivity index (χ2n) is 3.58. The molecule has 0 aromatic carbocycles. The van der Waals surface area contributed by atoms with E-state index >= 15 is 0 Å². The van der Waals surface area contributed by atoms with E-state index in [-0.39, 0.29) is 18.6 Å². The van der Waals surface area contributed by atoms with Crippen molar-refractivity contribution in [2.75, 3.05) is 32.9 Å². The van der Waals surface area contributed by atoms with E-state index in [0.717, 1.165) is 0 Å². The quantitative estimate of drug-likeness (QED) is 0.692. The van der Waals surface area contributed by atoms with Crippen LogP contribution in [0.25, 0.3) is 0 Å². The normalized spacial score (nSPS) is 20.4. The topological polar surface area (TPSA) is 67.9 Å². The fourth-order valence-electron chi connectivity index (χ4n) is 1.49. The van der Waals surface area contributed by atoms with Crippen LogP contribution in [0.4, 0.5) is 4.79 Å². The molecule has 0 bridgehead atoms. The lowest BCUT2D eigenvalue weighted by Crippen LogP contribution is -2.52. The average molecular weight is 230 g/mol. The van der Waals surface area contributed by atoms with E-state index in [2.05, 4.69) is 5.32 Å². The Balaban J connectivity index is 2.31. The summed E-state index contributed by atoms with van der Waals surface area (Å²) >= 11 is 0. The highest BCUT2D eigenvalue weighted by Crippen LogP contribution is 2.05. The predicted octanol–water partition coefficient (Wildman–Crippen LogP) is -0.0202. The summed E-state index contributed by atoms with van der Waals surface area (Å²) in [6, 6.07) is -0.209. The first-order valence-corrected chi connectivity index (χ1v) is 5.43. The molecule has 6 heteroatoms. The second kappa shape index (κ2) is 6.32. The number of hydrogen-bond acceptors (Lipinski definition) is 4. The molecule has 0 aromatic heterocycles. The molecule has 6 nitrogen and oxygen atoms in total. The Morgan fingerprint density at radius 2 is 2.31 bits per heavy atom. The molecule has 0 spiro atoms. The highest BCUT2D eigenvalue weighted by atomic mass is 16.5. The minimum atomic E-state index is -0.420. The maximum absolute atomic E-state index is 11.7. The van der Waals surface area contributed by atoms with Gasteiger partial charge in [-0.05, 0) is 13.8 Å². The van der Waals surface area contributed by atoms with E-state index in [1.165, 1.54) is 0 Å². The van der Waals surface area contributed by atoms with E-state index in [1.807, 2.05) is 6.92 Å². The lowest BCUT2D eigenvalue weighted by Gasteiger charge is -2.33. The number of morpholine rings is 1. The van der Waals surface area contributed by atoms with Crippen LogP contribution in [0.3, 0.4) is 0 Å². The molecular weight excluding hydrogens is 212 g/mol. The number of urea groups is 1. The number of nitrogens with one attached hydrogen (secondary N) is 1. The fraction of sp³-hybridized carbons (Fsp3) is 0.800. The van der Waals surface area contributed by atoms with Crippen molar-refractivity contribution in [3.05, 3.63) is 0 Å². The van der Waals surface area contributed by atoms with Gasteiger partial charge >= 0.3 is 12.0 Å². The van der Waals surface area contributed by atoms with Crippen molar-refractivity contribution in [2.45, 2.75) is 19.9 Å². The van der Waals surface area contributed by atoms with Crippen molar-refractivity contribution < 1.29 is 19.1 Å². The largest absolute Gasteiger partial charge is 0.465 e. The number of ether oxygens (including phenoxy) is 2. The van der Waals surface area contributed by atoms with Crippen LogP contribution >= 0.6 is 0 Å². The summed E-state index contributed by atoms with van der Waals surface area (Å²) in [5.41, 5.74) is 0. The molecule has 0 saturated carbocycles. The molecule has 1 aliphatic heterocycles. The van der Waals surface area contributed by atoms with E-state index < -0.39 is 5.97 Å². The first-order chi connectivity index (χ1) is 7.65. The Morgan fingerprint density at radius 1 is 1.56 bits per heavy atom. The van der Waals surface area contributed by atoms with Gasteiger partial charge in [0.1, 0.15) is 6.54 Å². The lowest BCUT2D eigenvalue weighted by atomic mass is 10.3. The third-order valence-corrected chi connectivity index (χ3v) is 2.32. The fourth-order valence-corrected chi connectivity index (χ4v) is 1.49. The number of amides is 2. The third-order valence-electron chi connectivity index (χ3n) is 2.32. The third kappa shape index (κ3) is 3.69. The van der Waals surface area contributed by atoms with Crippen molar-refractivity contribution in [1.82, 2.24) is 10.2 Å². The Labute approximate surface area is 94.9 Å². The van der Waals surface area contributed by atoms with Gasteiger partial charge in [0, 0.05) is 6.54 Å². The van der Waals surface area contributed by atoms with Crippen molar-refractivity contribution in [2.24, 2.45) is 0 Å². The number of rotatable bonds is 3. The second-order valence-corrected chi connectivity index (χ2v) is 3.58. The van der Waals surface area contributed by atoms with Gasteiger partial charge in [0.2, 0.25) is 0 Å². The van der Waals surface area contributed by atoms with E-state index in [9.17, 15) is 9.59 Å². The van der Waals surface area contributed by atoms with Gasteiger partial charge in [-0.1, -0.05) is 0 Å². The smallest absolute Gasteiger partial charge is 0.325 e. The van der Waals surface area contributed by atoms with Gasteiger partial charge in [0.05, 0.1) is 25.9 Å². The van der Waals surface area contributed by atoms with E-state index in [4.69, 9.17) is 9.47 Å². The summed E-state index contributed by atoms with van der Waals surface area (Å²) in [5.74, 6) is -0.420. The number of hydrogen-bond donors (Lipinski definition) is 1. The van der Waals surface area contributed by atoms with Crippen LogP contribution in [0, 0.1) is 0 Å². The monoisotopic (exact) mass is 230 g/mol. The van der Waals surface area contributed by atoms with Crippen LogP contribution in [0.1, 0.15) is 13.8 Å². The Morgan fingerprint density at radius 3 is 2.94 bits per heavy atom. The molecule has 1 saturated heterocycles. The van der Waals surface area contributed by atoms with Crippen molar-refractivity contribution in [3.63, 3.8) is 0 Å². The van der Waals surface area contributed by atoms with Gasteiger partial charge in [-0.3, -0.25) is 4.79 Å². The number of carbonyl (C=O) groups is 2. The highest BCUT2D eigenvalue weighted by Gasteiger charge is 2.23. The minimum absolute atomic E-state index is 0.0379. The van der Waals surface area contributed by atoms with Gasteiger partial charge < -0.3 is 19.7 Å². The summed E-state index contributed by atoms with van der Waals surface area (Å²) in [6.07, 6.45) is 0. The van der Waals surface area contributed by atoms with Crippen LogP contribution in [0.15, 0.2) is 0 Å². The van der Waals surface area contributed by atoms with Crippen LogP contribution in [-0.4, -0.2) is 55.9 Å². The van der Waals surface area contributed by atoms with Gasteiger partial charge in [0.15, 0.2) is 0 Å². The standard InChI is InChI=1S/C10H18N2O4/c1-3-16-9(13)6-11-10(14)12-4-5-15-7-8(12)2/h8H,3-7H2,1-2H3,(H,11,14). The molecule has 1 rings (SSSR count). The van der Waals surface area contributed by atoms with Crippen LogP contribution in [0.2, 0.25) is 0 Å². The number of carbonyl (C=O) groups excluding carboxylic acids is 2. The molecule has 0 aromatic rings. The predicted molar refractivity (Wildman–Crippen MR) is 57.0 cm³/mol. The van der Waals surface area contributed by atoms with Gasteiger partial charge in [0.25, 0.3) is 0 Å². The molecular formula is C10H18N2O4. The lowest BCUT2D eigenvalue weighted by molar-refractivity contribution is -0.141. The number of esters is 1. The van der Waals surface area contributed by atoms with Crippen LogP contribution < -0.4 is 5.32 Å². The molecule has 1 fully saturated rings.